The van der Waals surface area contributed by atoms with E-state index in [4.69, 9.17) is 4.42 Å². The Morgan fingerprint density at radius 3 is 3.19 bits per heavy atom. The Labute approximate surface area is 150 Å². The number of hydrogen-bond donors (Lipinski definition) is 2. The molecule has 1 unspecified atom stereocenters. The Hall–Kier alpha value is -2.90. The number of benzene rings is 1. The van der Waals surface area contributed by atoms with Gasteiger partial charge in [0.15, 0.2) is 5.96 Å². The van der Waals surface area contributed by atoms with Crippen LogP contribution in [0.4, 0.5) is 4.39 Å². The van der Waals surface area contributed by atoms with Gasteiger partial charge in [0.1, 0.15) is 29.3 Å². The smallest absolute Gasteiger partial charge is 0.191 e. The van der Waals surface area contributed by atoms with Gasteiger partial charge < -0.3 is 15.1 Å². The molecule has 1 aliphatic rings. The Bertz CT molecular complexity index is 960. The lowest BCUT2D eigenvalue weighted by Crippen LogP contribution is -2.46. The summed E-state index contributed by atoms with van der Waals surface area (Å²) in [5, 5.41) is 11.7. The van der Waals surface area contributed by atoms with Gasteiger partial charge in [-0.15, -0.1) is 0 Å². The van der Waals surface area contributed by atoms with Crippen molar-refractivity contribution in [1.82, 2.24) is 25.4 Å². The van der Waals surface area contributed by atoms with E-state index in [-0.39, 0.29) is 11.9 Å². The van der Waals surface area contributed by atoms with Crippen LogP contribution in [-0.2, 0) is 19.5 Å². The molecule has 0 saturated heterocycles. The number of furan rings is 1. The zero-order valence-corrected chi connectivity index (χ0v) is 14.8. The number of rotatable bonds is 3. The second-order valence-electron chi connectivity index (χ2n) is 6.45. The average Bonchev–Trinajstić information content (AvgIpc) is 3.23. The molecule has 0 aliphatic carbocycles. The van der Waals surface area contributed by atoms with Gasteiger partial charge in [-0.2, -0.15) is 5.10 Å². The van der Waals surface area contributed by atoms with Crippen molar-refractivity contribution in [3.05, 3.63) is 47.5 Å². The Balaban J connectivity index is 1.41. The number of hydrogen-bond acceptors (Lipinski definition) is 4. The van der Waals surface area contributed by atoms with E-state index in [1.54, 1.807) is 19.4 Å². The van der Waals surface area contributed by atoms with Gasteiger partial charge in [0.2, 0.25) is 0 Å². The van der Waals surface area contributed by atoms with Gasteiger partial charge >= 0.3 is 0 Å². The molecule has 3 aromatic rings. The van der Waals surface area contributed by atoms with Crippen LogP contribution in [0.25, 0.3) is 11.0 Å². The average molecular weight is 356 g/mol. The summed E-state index contributed by atoms with van der Waals surface area (Å²) in [5.41, 5.74) is 1.63. The number of nitrogens with zero attached hydrogens (tertiary/aromatic N) is 4. The van der Waals surface area contributed by atoms with Gasteiger partial charge in [-0.3, -0.25) is 4.99 Å². The summed E-state index contributed by atoms with van der Waals surface area (Å²) >= 11 is 0. The molecular weight excluding hydrogens is 335 g/mol. The number of aliphatic imine (C=N–C) groups is 1. The predicted molar refractivity (Wildman–Crippen MR) is 96.4 cm³/mol. The van der Waals surface area contributed by atoms with Crippen LogP contribution in [0.3, 0.4) is 0 Å². The van der Waals surface area contributed by atoms with Crippen molar-refractivity contribution in [3.63, 3.8) is 0 Å². The number of aromatic nitrogens is 3. The zero-order chi connectivity index (χ0) is 18.1. The molecule has 0 fully saturated rings. The van der Waals surface area contributed by atoms with E-state index in [0.29, 0.717) is 18.1 Å². The first-order valence-corrected chi connectivity index (χ1v) is 8.65. The maximum absolute atomic E-state index is 13.4. The first-order chi connectivity index (χ1) is 12.6. The minimum Gasteiger partial charge on any atom is -0.459 e. The highest BCUT2D eigenvalue weighted by atomic mass is 19.1. The van der Waals surface area contributed by atoms with Crippen LogP contribution in [0.15, 0.2) is 33.9 Å². The van der Waals surface area contributed by atoms with Gasteiger partial charge in [0, 0.05) is 30.5 Å². The highest BCUT2D eigenvalue weighted by Gasteiger charge is 2.20. The number of nitrogens with one attached hydrogen (secondary N) is 2. The van der Waals surface area contributed by atoms with E-state index in [2.05, 4.69) is 25.7 Å². The van der Waals surface area contributed by atoms with Gasteiger partial charge in [-0.05, 0) is 31.5 Å². The summed E-state index contributed by atoms with van der Waals surface area (Å²) in [4.78, 5) is 8.53. The minimum absolute atomic E-state index is 0.237. The quantitative estimate of drug-likeness (QED) is 0.555. The standard InChI is InChI=1S/C18H21FN6O/c1-11-14-7-12(19)3-5-15(14)26-16(11)8-21-18(20-2)24-13-4-6-17-22-10-23-25(17)9-13/h3,5,7,10,13H,4,6,8-9H2,1-2H3,(H2,20,21,24). The Morgan fingerprint density at radius 2 is 2.35 bits per heavy atom. The molecule has 2 aromatic heterocycles. The highest BCUT2D eigenvalue weighted by Crippen LogP contribution is 2.25. The van der Waals surface area contributed by atoms with Crippen LogP contribution in [0.1, 0.15) is 23.6 Å². The van der Waals surface area contributed by atoms with Crippen LogP contribution in [0.5, 0.6) is 0 Å². The lowest BCUT2D eigenvalue weighted by Gasteiger charge is -2.25. The summed E-state index contributed by atoms with van der Waals surface area (Å²) in [6.45, 7) is 3.17. The Kier molecular flexibility index (Phi) is 4.32. The molecule has 0 amide bonds. The van der Waals surface area contributed by atoms with E-state index < -0.39 is 0 Å². The molecular formula is C18H21FN6O. The van der Waals surface area contributed by atoms with Crippen molar-refractivity contribution < 1.29 is 8.81 Å². The molecule has 0 saturated carbocycles. The molecule has 1 atom stereocenters. The van der Waals surface area contributed by atoms with Gasteiger partial charge in [0.05, 0.1) is 13.1 Å². The number of guanidine groups is 1. The number of fused-ring (bicyclic) bond motifs is 2. The van der Waals surface area contributed by atoms with Crippen LogP contribution >= 0.6 is 0 Å². The fourth-order valence-corrected chi connectivity index (χ4v) is 3.32. The second-order valence-corrected chi connectivity index (χ2v) is 6.45. The molecule has 26 heavy (non-hydrogen) atoms. The van der Waals surface area contributed by atoms with E-state index in [1.807, 2.05) is 11.6 Å². The number of halogens is 1. The van der Waals surface area contributed by atoms with Crippen LogP contribution in [-0.4, -0.2) is 33.8 Å². The van der Waals surface area contributed by atoms with Gasteiger partial charge in [-0.1, -0.05) is 0 Å². The van der Waals surface area contributed by atoms with Gasteiger partial charge in [-0.25, -0.2) is 14.1 Å². The minimum atomic E-state index is -0.261. The fraction of sp³-hybridized carbons (Fsp3) is 0.389. The lowest BCUT2D eigenvalue weighted by atomic mass is 10.1. The number of aryl methyl sites for hydroxylation is 2. The third kappa shape index (κ3) is 3.14. The van der Waals surface area contributed by atoms with Crippen molar-refractivity contribution in [2.24, 2.45) is 4.99 Å². The summed E-state index contributed by atoms with van der Waals surface area (Å²) in [6.07, 6.45) is 3.46. The molecule has 1 aliphatic heterocycles. The van der Waals surface area contributed by atoms with Crippen molar-refractivity contribution in [2.75, 3.05) is 7.05 Å². The Morgan fingerprint density at radius 1 is 1.46 bits per heavy atom. The van der Waals surface area contributed by atoms with E-state index in [0.717, 1.165) is 41.9 Å². The molecule has 7 nitrogen and oxygen atoms in total. The molecule has 0 bridgehead atoms. The normalized spacial score (nSPS) is 17.3. The third-order valence-electron chi connectivity index (χ3n) is 4.78. The molecule has 1 aromatic carbocycles. The van der Waals surface area contributed by atoms with Crippen molar-refractivity contribution >= 4 is 16.9 Å². The van der Waals surface area contributed by atoms with Crippen molar-refractivity contribution in [2.45, 2.75) is 38.9 Å². The van der Waals surface area contributed by atoms with Crippen LogP contribution in [0, 0.1) is 12.7 Å². The summed E-state index contributed by atoms with van der Waals surface area (Å²) in [6, 6.07) is 4.81. The molecule has 2 N–H and O–H groups in total. The topological polar surface area (TPSA) is 80.3 Å². The fourth-order valence-electron chi connectivity index (χ4n) is 3.32. The molecule has 0 spiro atoms. The molecule has 136 valence electrons. The second kappa shape index (κ2) is 6.78. The van der Waals surface area contributed by atoms with Crippen molar-refractivity contribution in [3.8, 4) is 0 Å². The molecule has 3 heterocycles. The lowest BCUT2D eigenvalue weighted by molar-refractivity contribution is 0.392. The molecule has 0 radical (unpaired) electrons. The highest BCUT2D eigenvalue weighted by molar-refractivity contribution is 5.83. The zero-order valence-electron chi connectivity index (χ0n) is 14.8. The van der Waals surface area contributed by atoms with Crippen molar-refractivity contribution in [1.29, 1.82) is 0 Å². The van der Waals surface area contributed by atoms with Gasteiger partial charge in [0.25, 0.3) is 0 Å². The molecule has 4 rings (SSSR count). The summed E-state index contributed by atoms with van der Waals surface area (Å²) in [7, 11) is 1.74. The van der Waals surface area contributed by atoms with E-state index >= 15 is 0 Å². The predicted octanol–water partition coefficient (Wildman–Crippen LogP) is 2.15. The molecule has 8 heteroatoms. The maximum atomic E-state index is 13.4. The van der Waals surface area contributed by atoms with Crippen LogP contribution in [0.2, 0.25) is 0 Å². The van der Waals surface area contributed by atoms with E-state index in [1.165, 1.54) is 12.1 Å². The van der Waals surface area contributed by atoms with E-state index in [9.17, 15) is 4.39 Å². The SMILES string of the molecule is CN=C(NCc1oc2ccc(F)cc2c1C)NC1CCc2ncnn2C1. The first-order valence-electron chi connectivity index (χ1n) is 8.65. The monoisotopic (exact) mass is 356 g/mol. The maximum Gasteiger partial charge on any atom is 0.191 e. The largest absolute Gasteiger partial charge is 0.459 e. The summed E-state index contributed by atoms with van der Waals surface area (Å²) < 4.78 is 21.2. The third-order valence-corrected chi connectivity index (χ3v) is 4.78. The summed E-state index contributed by atoms with van der Waals surface area (Å²) in [5.74, 6) is 2.24. The van der Waals surface area contributed by atoms with Crippen LogP contribution < -0.4 is 10.6 Å². The first kappa shape index (κ1) is 16.6.